The molecule has 0 aliphatic carbocycles. The fourth-order valence-corrected chi connectivity index (χ4v) is 5.31. The van der Waals surface area contributed by atoms with E-state index in [0.29, 0.717) is 24.6 Å². The van der Waals surface area contributed by atoms with Crippen LogP contribution in [-0.4, -0.2) is 50.5 Å². The van der Waals surface area contributed by atoms with Crippen molar-refractivity contribution >= 4 is 43.5 Å². The van der Waals surface area contributed by atoms with E-state index < -0.39 is 28.5 Å². The molecule has 0 spiro atoms. The number of anilines is 1. The van der Waals surface area contributed by atoms with Crippen LogP contribution < -0.4 is 14.4 Å². The lowest BCUT2D eigenvalue weighted by molar-refractivity contribution is -0.139. The summed E-state index contributed by atoms with van der Waals surface area (Å²) in [6.45, 7) is 4.25. The maximum absolute atomic E-state index is 13.7. The zero-order chi connectivity index (χ0) is 29.1. The number of carbonyl (C=O) groups excluding carboxylic acids is 2. The standard InChI is InChI=1S/C30H36BrN3O5S/c1-4-5-18-32-30(36)23(2)33(20-25-12-9-13-26(31)19-25)29(35)21-34(40(3,37)38)27-14-16-28(17-15-27)39-22-24-10-7-6-8-11-24/h6-17,19,23H,4-5,18,20-22H2,1-3H3,(H,32,36)/t23-/m0/s1. The summed E-state index contributed by atoms with van der Waals surface area (Å²) in [4.78, 5) is 28.0. The molecule has 1 N–H and O–H groups in total. The molecule has 0 bridgehead atoms. The minimum absolute atomic E-state index is 0.143. The van der Waals surface area contributed by atoms with Crippen LogP contribution in [0.2, 0.25) is 0 Å². The van der Waals surface area contributed by atoms with Gasteiger partial charge in [-0.1, -0.05) is 71.7 Å². The van der Waals surface area contributed by atoms with Gasteiger partial charge in [-0.05, 0) is 60.9 Å². The Bertz CT molecular complexity index is 1370. The molecule has 3 aromatic carbocycles. The molecule has 0 radical (unpaired) electrons. The van der Waals surface area contributed by atoms with Crippen molar-refractivity contribution in [1.82, 2.24) is 10.2 Å². The molecule has 1 atom stereocenters. The van der Waals surface area contributed by atoms with Crippen LogP contribution in [0.1, 0.15) is 37.8 Å². The Morgan fingerprint density at radius 1 is 0.975 bits per heavy atom. The summed E-state index contributed by atoms with van der Waals surface area (Å²) in [5.74, 6) is -0.211. The van der Waals surface area contributed by atoms with Gasteiger partial charge in [-0.15, -0.1) is 0 Å². The van der Waals surface area contributed by atoms with Crippen molar-refractivity contribution < 1.29 is 22.7 Å². The van der Waals surface area contributed by atoms with E-state index in [1.807, 2.05) is 61.5 Å². The molecule has 0 saturated carbocycles. The van der Waals surface area contributed by atoms with E-state index in [-0.39, 0.29) is 12.5 Å². The summed E-state index contributed by atoms with van der Waals surface area (Å²) in [6.07, 6.45) is 2.80. The van der Waals surface area contributed by atoms with Crippen molar-refractivity contribution in [2.24, 2.45) is 0 Å². The van der Waals surface area contributed by atoms with Gasteiger partial charge >= 0.3 is 0 Å². The summed E-state index contributed by atoms with van der Waals surface area (Å²) >= 11 is 3.44. The number of rotatable bonds is 14. The second-order valence-electron chi connectivity index (χ2n) is 9.51. The molecule has 40 heavy (non-hydrogen) atoms. The van der Waals surface area contributed by atoms with Gasteiger partial charge in [0.05, 0.1) is 11.9 Å². The summed E-state index contributed by atoms with van der Waals surface area (Å²) in [7, 11) is -3.82. The van der Waals surface area contributed by atoms with E-state index >= 15 is 0 Å². The first-order chi connectivity index (χ1) is 19.1. The SMILES string of the molecule is CCCCNC(=O)[C@H](C)N(Cc1cccc(Br)c1)C(=O)CN(c1ccc(OCc2ccccc2)cc1)S(C)(=O)=O. The van der Waals surface area contributed by atoms with Crippen LogP contribution in [0.15, 0.2) is 83.3 Å². The third-order valence-electron chi connectivity index (χ3n) is 6.29. The highest BCUT2D eigenvalue weighted by Gasteiger charge is 2.30. The van der Waals surface area contributed by atoms with Gasteiger partial charge < -0.3 is 15.0 Å². The van der Waals surface area contributed by atoms with Crippen molar-refractivity contribution in [2.75, 3.05) is 23.7 Å². The van der Waals surface area contributed by atoms with Crippen molar-refractivity contribution in [2.45, 2.75) is 45.9 Å². The molecule has 0 heterocycles. The van der Waals surface area contributed by atoms with Crippen LogP contribution in [0.5, 0.6) is 5.75 Å². The highest BCUT2D eigenvalue weighted by atomic mass is 79.9. The Kier molecular flexibility index (Phi) is 11.6. The lowest BCUT2D eigenvalue weighted by atomic mass is 10.1. The number of amides is 2. The molecule has 0 unspecified atom stereocenters. The van der Waals surface area contributed by atoms with Crippen LogP contribution in [0.3, 0.4) is 0 Å². The van der Waals surface area contributed by atoms with Gasteiger partial charge in [0.15, 0.2) is 0 Å². The van der Waals surface area contributed by atoms with E-state index in [4.69, 9.17) is 4.74 Å². The van der Waals surface area contributed by atoms with E-state index in [0.717, 1.165) is 39.0 Å². The first-order valence-corrected chi connectivity index (χ1v) is 15.8. The predicted octanol–water partition coefficient (Wildman–Crippen LogP) is 5.13. The van der Waals surface area contributed by atoms with E-state index in [9.17, 15) is 18.0 Å². The number of hydrogen-bond donors (Lipinski definition) is 1. The number of nitrogens with zero attached hydrogens (tertiary/aromatic N) is 2. The molecule has 0 fully saturated rings. The Hall–Kier alpha value is -3.37. The summed E-state index contributed by atoms with van der Waals surface area (Å²) in [6, 6.07) is 22.9. The number of carbonyl (C=O) groups is 2. The summed E-state index contributed by atoms with van der Waals surface area (Å²) in [5.41, 5.74) is 2.14. The molecule has 0 aromatic heterocycles. The van der Waals surface area contributed by atoms with Gasteiger partial charge in [0.25, 0.3) is 0 Å². The maximum Gasteiger partial charge on any atom is 0.244 e. The number of benzene rings is 3. The quantitative estimate of drug-likeness (QED) is 0.250. The Morgan fingerprint density at radius 3 is 2.27 bits per heavy atom. The first-order valence-electron chi connectivity index (χ1n) is 13.1. The van der Waals surface area contributed by atoms with Crippen molar-refractivity contribution in [1.29, 1.82) is 0 Å². The number of unbranched alkanes of at least 4 members (excludes halogenated alkanes) is 1. The van der Waals surface area contributed by atoms with Crippen LogP contribution in [0.4, 0.5) is 5.69 Å². The average molecular weight is 631 g/mol. The van der Waals surface area contributed by atoms with Gasteiger partial charge in [0.1, 0.15) is 24.9 Å². The monoisotopic (exact) mass is 629 g/mol. The minimum atomic E-state index is -3.82. The Morgan fingerprint density at radius 2 is 1.65 bits per heavy atom. The van der Waals surface area contributed by atoms with Gasteiger partial charge in [0, 0.05) is 17.6 Å². The van der Waals surface area contributed by atoms with Gasteiger partial charge in [-0.3, -0.25) is 13.9 Å². The van der Waals surface area contributed by atoms with Gasteiger partial charge in [-0.2, -0.15) is 0 Å². The van der Waals surface area contributed by atoms with Crippen molar-refractivity contribution in [3.05, 3.63) is 94.5 Å². The van der Waals surface area contributed by atoms with Crippen LogP contribution in [0.25, 0.3) is 0 Å². The molecule has 3 rings (SSSR count). The third-order valence-corrected chi connectivity index (χ3v) is 7.92. The van der Waals surface area contributed by atoms with Gasteiger partial charge in [-0.25, -0.2) is 8.42 Å². The summed E-state index contributed by atoms with van der Waals surface area (Å²) < 4.78 is 33.3. The number of hydrogen-bond acceptors (Lipinski definition) is 5. The normalized spacial score (nSPS) is 11.9. The smallest absolute Gasteiger partial charge is 0.244 e. The highest BCUT2D eigenvalue weighted by molar-refractivity contribution is 9.10. The zero-order valence-corrected chi connectivity index (χ0v) is 25.4. The Labute approximate surface area is 245 Å². The first kappa shape index (κ1) is 31.2. The fourth-order valence-electron chi connectivity index (χ4n) is 4.01. The molecular weight excluding hydrogens is 594 g/mol. The number of ether oxygens (including phenoxy) is 1. The third kappa shape index (κ3) is 9.38. The summed E-state index contributed by atoms with van der Waals surface area (Å²) in [5, 5.41) is 2.87. The molecule has 2 amide bonds. The highest BCUT2D eigenvalue weighted by Crippen LogP contribution is 2.23. The minimum Gasteiger partial charge on any atom is -0.489 e. The van der Waals surface area contributed by atoms with Crippen LogP contribution in [0, 0.1) is 0 Å². The molecule has 0 saturated heterocycles. The fraction of sp³-hybridized carbons (Fsp3) is 0.333. The Balaban J connectivity index is 1.80. The predicted molar refractivity (Wildman–Crippen MR) is 161 cm³/mol. The molecule has 3 aromatic rings. The van der Waals surface area contributed by atoms with E-state index in [1.165, 1.54) is 4.90 Å². The average Bonchev–Trinajstić information content (AvgIpc) is 2.93. The zero-order valence-electron chi connectivity index (χ0n) is 23.0. The second kappa shape index (κ2) is 14.9. The molecule has 214 valence electrons. The molecule has 8 nitrogen and oxygen atoms in total. The molecular formula is C30H36BrN3O5S. The number of nitrogens with one attached hydrogen (secondary N) is 1. The van der Waals surface area contributed by atoms with Crippen molar-refractivity contribution in [3.63, 3.8) is 0 Å². The second-order valence-corrected chi connectivity index (χ2v) is 12.3. The lowest BCUT2D eigenvalue weighted by Crippen LogP contribution is -2.51. The molecule has 10 heteroatoms. The largest absolute Gasteiger partial charge is 0.489 e. The number of sulfonamides is 1. The van der Waals surface area contributed by atoms with Crippen LogP contribution in [-0.2, 0) is 32.8 Å². The van der Waals surface area contributed by atoms with Crippen LogP contribution >= 0.6 is 15.9 Å². The van der Waals surface area contributed by atoms with Crippen molar-refractivity contribution in [3.8, 4) is 5.75 Å². The lowest BCUT2D eigenvalue weighted by Gasteiger charge is -2.31. The maximum atomic E-state index is 13.7. The topological polar surface area (TPSA) is 96.0 Å². The van der Waals surface area contributed by atoms with E-state index in [2.05, 4.69) is 21.2 Å². The van der Waals surface area contributed by atoms with E-state index in [1.54, 1.807) is 31.2 Å². The molecule has 0 aliphatic rings. The van der Waals surface area contributed by atoms with Gasteiger partial charge in [0.2, 0.25) is 21.8 Å². The number of halogens is 1. The molecule has 0 aliphatic heterocycles.